The molecule has 0 spiro atoms. The van der Waals surface area contributed by atoms with Crippen molar-refractivity contribution in [2.75, 3.05) is 25.5 Å². The van der Waals surface area contributed by atoms with Crippen molar-refractivity contribution in [3.05, 3.63) is 30.3 Å². The van der Waals surface area contributed by atoms with Crippen LogP contribution < -0.4 is 10.6 Å². The fraction of sp³-hybridized carbons (Fsp3) is 0.467. The van der Waals surface area contributed by atoms with Crippen LogP contribution in [0.5, 0.6) is 0 Å². The number of amides is 3. The Hall–Kier alpha value is -2.08. The van der Waals surface area contributed by atoms with Crippen molar-refractivity contribution in [1.82, 2.24) is 10.2 Å². The van der Waals surface area contributed by atoms with Gasteiger partial charge in [-0.05, 0) is 18.6 Å². The van der Waals surface area contributed by atoms with Crippen LogP contribution in [-0.2, 0) is 9.53 Å². The molecular formula is C15H19N3O3. The van der Waals surface area contributed by atoms with E-state index in [1.807, 2.05) is 30.3 Å². The van der Waals surface area contributed by atoms with Gasteiger partial charge in [0.25, 0.3) is 0 Å². The fourth-order valence-electron chi connectivity index (χ4n) is 3.01. The molecule has 6 nitrogen and oxygen atoms in total. The molecule has 0 saturated carbocycles. The Morgan fingerprint density at radius 3 is 2.71 bits per heavy atom. The van der Waals surface area contributed by atoms with E-state index in [1.54, 1.807) is 11.9 Å². The first-order valence-electron chi connectivity index (χ1n) is 7.15. The lowest BCUT2D eigenvalue weighted by atomic mass is 10.00. The molecule has 1 aromatic rings. The summed E-state index contributed by atoms with van der Waals surface area (Å²) >= 11 is 0. The van der Waals surface area contributed by atoms with E-state index in [0.717, 1.165) is 5.69 Å². The predicted molar refractivity (Wildman–Crippen MR) is 77.9 cm³/mol. The Kier molecular flexibility index (Phi) is 3.79. The summed E-state index contributed by atoms with van der Waals surface area (Å²) in [6, 6.07) is 9.21. The van der Waals surface area contributed by atoms with E-state index in [1.165, 1.54) is 0 Å². The highest BCUT2D eigenvalue weighted by Gasteiger charge is 2.45. The van der Waals surface area contributed by atoms with Crippen LogP contribution in [0.1, 0.15) is 6.42 Å². The number of rotatable bonds is 2. The Labute approximate surface area is 123 Å². The summed E-state index contributed by atoms with van der Waals surface area (Å²) < 4.78 is 5.78. The molecule has 21 heavy (non-hydrogen) atoms. The number of benzene rings is 1. The molecule has 2 heterocycles. The summed E-state index contributed by atoms with van der Waals surface area (Å²) in [5.41, 5.74) is 0.768. The van der Waals surface area contributed by atoms with Crippen molar-refractivity contribution in [1.29, 1.82) is 0 Å². The van der Waals surface area contributed by atoms with Crippen molar-refractivity contribution in [3.8, 4) is 0 Å². The minimum absolute atomic E-state index is 0.00665. The first kappa shape index (κ1) is 13.9. The molecule has 0 aromatic heterocycles. The lowest BCUT2D eigenvalue weighted by Crippen LogP contribution is -2.49. The normalized spacial score (nSPS) is 27.3. The van der Waals surface area contributed by atoms with Crippen molar-refractivity contribution in [2.45, 2.75) is 18.6 Å². The molecule has 2 aliphatic rings. The van der Waals surface area contributed by atoms with Crippen LogP contribution in [0.3, 0.4) is 0 Å². The van der Waals surface area contributed by atoms with Gasteiger partial charge in [0.1, 0.15) is 0 Å². The van der Waals surface area contributed by atoms with E-state index in [4.69, 9.17) is 4.74 Å². The molecule has 0 unspecified atom stereocenters. The number of morpholine rings is 1. The van der Waals surface area contributed by atoms with Crippen LogP contribution in [0.4, 0.5) is 10.5 Å². The minimum atomic E-state index is -0.203. The standard InChI is InChI=1S/C15H19N3O3/c1-16-14(19)12-7-11-8-18(9-13(12)21-11)15(20)17-10-5-3-2-4-6-10/h2-6,11-13H,7-9H2,1H3,(H,16,19)(H,17,20)/t11-,12+,13-/m0/s1. The maximum Gasteiger partial charge on any atom is 0.322 e. The highest BCUT2D eigenvalue weighted by atomic mass is 16.5. The van der Waals surface area contributed by atoms with Crippen LogP contribution in [0.25, 0.3) is 0 Å². The van der Waals surface area contributed by atoms with Crippen molar-refractivity contribution < 1.29 is 14.3 Å². The third-order valence-electron chi connectivity index (χ3n) is 4.05. The molecule has 1 aromatic carbocycles. The summed E-state index contributed by atoms with van der Waals surface area (Å²) in [5.74, 6) is -0.164. The fourth-order valence-corrected chi connectivity index (χ4v) is 3.01. The largest absolute Gasteiger partial charge is 0.370 e. The topological polar surface area (TPSA) is 70.7 Å². The van der Waals surface area contributed by atoms with Crippen molar-refractivity contribution in [2.24, 2.45) is 5.92 Å². The number of ether oxygens (including phenoxy) is 1. The SMILES string of the molecule is CNC(=O)[C@@H]1C[C@H]2CN(C(=O)Nc3ccccc3)C[C@@H]1O2. The van der Waals surface area contributed by atoms with E-state index < -0.39 is 0 Å². The number of hydrogen-bond acceptors (Lipinski definition) is 3. The zero-order chi connectivity index (χ0) is 14.8. The molecule has 6 heteroatoms. The number of urea groups is 1. The third kappa shape index (κ3) is 2.85. The molecule has 3 amide bonds. The van der Waals surface area contributed by atoms with Crippen molar-refractivity contribution >= 4 is 17.6 Å². The van der Waals surface area contributed by atoms with Gasteiger partial charge in [-0.15, -0.1) is 0 Å². The molecule has 0 aliphatic carbocycles. The highest BCUT2D eigenvalue weighted by Crippen LogP contribution is 2.32. The van der Waals surface area contributed by atoms with Gasteiger partial charge in [-0.2, -0.15) is 0 Å². The van der Waals surface area contributed by atoms with Gasteiger partial charge in [-0.1, -0.05) is 18.2 Å². The first-order valence-corrected chi connectivity index (χ1v) is 7.15. The van der Waals surface area contributed by atoms with Gasteiger partial charge >= 0.3 is 6.03 Å². The summed E-state index contributed by atoms with van der Waals surface area (Å²) in [5, 5.41) is 5.53. The monoisotopic (exact) mass is 289 g/mol. The number of nitrogens with one attached hydrogen (secondary N) is 2. The Bertz CT molecular complexity index is 534. The number of para-hydroxylation sites is 1. The summed E-state index contributed by atoms with van der Waals surface area (Å²) in [4.78, 5) is 25.8. The molecular weight excluding hydrogens is 270 g/mol. The smallest absolute Gasteiger partial charge is 0.322 e. The van der Waals surface area contributed by atoms with Gasteiger partial charge in [0.2, 0.25) is 5.91 Å². The van der Waals surface area contributed by atoms with Crippen LogP contribution in [0.15, 0.2) is 30.3 Å². The molecule has 2 bridgehead atoms. The van der Waals surface area contributed by atoms with E-state index in [-0.39, 0.29) is 30.1 Å². The number of hydrogen-bond donors (Lipinski definition) is 2. The predicted octanol–water partition coefficient (Wildman–Crippen LogP) is 1.05. The molecule has 0 radical (unpaired) electrons. The van der Waals surface area contributed by atoms with Gasteiger partial charge in [-0.25, -0.2) is 4.79 Å². The van der Waals surface area contributed by atoms with E-state index in [0.29, 0.717) is 19.5 Å². The van der Waals surface area contributed by atoms with Gasteiger partial charge in [0, 0.05) is 25.8 Å². The molecule has 2 saturated heterocycles. The zero-order valence-electron chi connectivity index (χ0n) is 11.9. The van der Waals surface area contributed by atoms with Gasteiger partial charge in [-0.3, -0.25) is 4.79 Å². The van der Waals surface area contributed by atoms with Crippen LogP contribution in [0.2, 0.25) is 0 Å². The number of carbonyl (C=O) groups excluding carboxylic acids is 2. The second kappa shape index (κ2) is 5.73. The summed E-state index contributed by atoms with van der Waals surface area (Å²) in [7, 11) is 1.63. The Morgan fingerprint density at radius 2 is 2.00 bits per heavy atom. The molecule has 3 rings (SSSR count). The lowest BCUT2D eigenvalue weighted by molar-refractivity contribution is -0.127. The minimum Gasteiger partial charge on any atom is -0.370 e. The van der Waals surface area contributed by atoms with Crippen LogP contribution >= 0.6 is 0 Å². The van der Waals surface area contributed by atoms with Crippen LogP contribution in [0, 0.1) is 5.92 Å². The molecule has 2 N–H and O–H groups in total. The number of nitrogens with zero attached hydrogens (tertiary/aromatic N) is 1. The Morgan fingerprint density at radius 1 is 1.24 bits per heavy atom. The molecule has 112 valence electrons. The second-order valence-electron chi connectivity index (χ2n) is 5.45. The summed E-state index contributed by atoms with van der Waals surface area (Å²) in [6.45, 7) is 0.982. The number of fused-ring (bicyclic) bond motifs is 2. The average Bonchev–Trinajstić information content (AvgIpc) is 2.81. The van der Waals surface area contributed by atoms with E-state index >= 15 is 0 Å². The average molecular weight is 289 g/mol. The maximum absolute atomic E-state index is 12.3. The van der Waals surface area contributed by atoms with E-state index in [2.05, 4.69) is 10.6 Å². The number of anilines is 1. The quantitative estimate of drug-likeness (QED) is 0.855. The second-order valence-corrected chi connectivity index (χ2v) is 5.45. The van der Waals surface area contributed by atoms with Crippen LogP contribution in [-0.4, -0.2) is 49.2 Å². The van der Waals surface area contributed by atoms with Gasteiger partial charge in [0.05, 0.1) is 18.1 Å². The van der Waals surface area contributed by atoms with Crippen molar-refractivity contribution in [3.63, 3.8) is 0 Å². The van der Waals surface area contributed by atoms with Gasteiger partial charge < -0.3 is 20.3 Å². The molecule has 2 fully saturated rings. The maximum atomic E-state index is 12.3. The zero-order valence-corrected chi connectivity index (χ0v) is 11.9. The third-order valence-corrected chi connectivity index (χ3v) is 4.05. The first-order chi connectivity index (χ1) is 10.2. The lowest BCUT2D eigenvalue weighted by Gasteiger charge is -2.32. The molecule has 2 aliphatic heterocycles. The summed E-state index contributed by atoms with van der Waals surface area (Å²) in [6.07, 6.45) is 0.428. The van der Waals surface area contributed by atoms with Gasteiger partial charge in [0.15, 0.2) is 0 Å². The Balaban J connectivity index is 1.64. The number of carbonyl (C=O) groups is 2. The van der Waals surface area contributed by atoms with E-state index in [9.17, 15) is 9.59 Å². The highest BCUT2D eigenvalue weighted by molar-refractivity contribution is 5.89. The molecule has 3 atom stereocenters. The number of likely N-dealkylation sites (tertiary alicyclic amines) is 1.